The first-order chi connectivity index (χ1) is 7.90. The molecule has 0 aromatic carbocycles. The molecule has 1 heterocycles. The van der Waals surface area contributed by atoms with Gasteiger partial charge in [-0.2, -0.15) is 0 Å². The van der Waals surface area contributed by atoms with Crippen molar-refractivity contribution in [3.8, 4) is 0 Å². The molecule has 0 radical (unpaired) electrons. The highest BCUT2D eigenvalue weighted by atomic mass is 16.6. The summed E-state index contributed by atoms with van der Waals surface area (Å²) >= 11 is 0. The van der Waals surface area contributed by atoms with Gasteiger partial charge in [-0.1, -0.05) is 0 Å². The van der Waals surface area contributed by atoms with Gasteiger partial charge in [-0.25, -0.2) is 0 Å². The second kappa shape index (κ2) is 5.05. The van der Waals surface area contributed by atoms with E-state index in [4.69, 9.17) is 9.47 Å². The Hall–Kier alpha value is -0.0800. The number of hydrogen-bond acceptors (Lipinski definition) is 2. The molecule has 0 unspecified atom stereocenters. The molecular formula is C14H24O2. The highest BCUT2D eigenvalue weighted by molar-refractivity contribution is 4.92. The van der Waals surface area contributed by atoms with Gasteiger partial charge in [0.15, 0.2) is 0 Å². The normalized spacial score (nSPS) is 45.0. The van der Waals surface area contributed by atoms with E-state index in [0.29, 0.717) is 0 Å². The lowest BCUT2D eigenvalue weighted by atomic mass is 9.56. The fraction of sp³-hybridized carbons (Fsp3) is 1.00. The molecule has 2 nitrogen and oxygen atoms in total. The van der Waals surface area contributed by atoms with Crippen LogP contribution in [0.5, 0.6) is 0 Å². The summed E-state index contributed by atoms with van der Waals surface area (Å²) in [6.07, 6.45) is 9.62. The first kappa shape index (κ1) is 11.0. The zero-order valence-corrected chi connectivity index (χ0v) is 10.2. The average molecular weight is 224 g/mol. The fourth-order valence-corrected chi connectivity index (χ4v) is 4.42. The number of ether oxygens (including phenoxy) is 2. The first-order valence-electron chi connectivity index (χ1n) is 7.05. The van der Waals surface area contributed by atoms with Crippen LogP contribution in [-0.2, 0) is 9.47 Å². The highest BCUT2D eigenvalue weighted by Gasteiger charge is 2.41. The van der Waals surface area contributed by atoms with Crippen molar-refractivity contribution in [2.75, 3.05) is 26.4 Å². The van der Waals surface area contributed by atoms with E-state index in [0.717, 1.165) is 26.4 Å². The van der Waals surface area contributed by atoms with Gasteiger partial charge in [0, 0.05) is 0 Å². The topological polar surface area (TPSA) is 18.5 Å². The molecule has 0 spiro atoms. The predicted octanol–water partition coefficient (Wildman–Crippen LogP) is 2.87. The van der Waals surface area contributed by atoms with Crippen LogP contribution in [0, 0.1) is 23.7 Å². The van der Waals surface area contributed by atoms with Crippen LogP contribution in [0.25, 0.3) is 0 Å². The quantitative estimate of drug-likeness (QED) is 0.630. The van der Waals surface area contributed by atoms with E-state index < -0.39 is 0 Å². The Morgan fingerprint density at radius 1 is 0.438 bits per heavy atom. The van der Waals surface area contributed by atoms with E-state index in [2.05, 4.69) is 0 Å². The van der Waals surface area contributed by atoms with Crippen molar-refractivity contribution in [1.82, 2.24) is 0 Å². The number of rotatable bonds is 0. The molecule has 5 aliphatic rings. The molecule has 5 rings (SSSR count). The van der Waals surface area contributed by atoms with Crippen molar-refractivity contribution in [3.63, 3.8) is 0 Å². The largest absolute Gasteiger partial charge is 0.377 e. The summed E-state index contributed by atoms with van der Waals surface area (Å²) in [5, 5.41) is 0. The van der Waals surface area contributed by atoms with Crippen molar-refractivity contribution in [3.05, 3.63) is 0 Å². The van der Waals surface area contributed by atoms with Gasteiger partial charge in [-0.3, -0.25) is 0 Å². The zero-order valence-electron chi connectivity index (χ0n) is 10.2. The van der Waals surface area contributed by atoms with E-state index in [1.165, 1.54) is 23.7 Å². The van der Waals surface area contributed by atoms with Gasteiger partial charge in [0.05, 0.1) is 26.4 Å². The van der Waals surface area contributed by atoms with Crippen LogP contribution in [0.4, 0.5) is 0 Å². The van der Waals surface area contributed by atoms with Gasteiger partial charge in [0.2, 0.25) is 0 Å². The summed E-state index contributed by atoms with van der Waals surface area (Å²) in [7, 11) is 0. The van der Waals surface area contributed by atoms with E-state index in [-0.39, 0.29) is 0 Å². The Bertz CT molecular complexity index is 155. The monoisotopic (exact) mass is 224 g/mol. The molecule has 4 saturated carbocycles. The molecule has 0 N–H and O–H groups in total. The van der Waals surface area contributed by atoms with Gasteiger partial charge >= 0.3 is 0 Å². The van der Waals surface area contributed by atoms with Crippen LogP contribution in [0.15, 0.2) is 0 Å². The molecule has 0 aromatic rings. The average Bonchev–Trinajstić information content (AvgIpc) is 2.30. The van der Waals surface area contributed by atoms with E-state index in [9.17, 15) is 0 Å². The lowest BCUT2D eigenvalue weighted by molar-refractivity contribution is -0.0334. The van der Waals surface area contributed by atoms with E-state index in [1.807, 2.05) is 0 Å². The first-order valence-corrected chi connectivity index (χ1v) is 7.05. The minimum Gasteiger partial charge on any atom is -0.377 e. The third-order valence-electron chi connectivity index (χ3n) is 4.74. The number of hydrogen-bond donors (Lipinski definition) is 0. The molecule has 0 atom stereocenters. The summed E-state index contributed by atoms with van der Waals surface area (Å²) in [6.45, 7) is 3.11. The minimum atomic E-state index is 0.778. The Morgan fingerprint density at radius 2 is 0.688 bits per heavy atom. The molecule has 16 heavy (non-hydrogen) atoms. The molecule has 4 aliphatic carbocycles. The van der Waals surface area contributed by atoms with Gasteiger partial charge in [0.25, 0.3) is 0 Å². The molecule has 0 amide bonds. The van der Waals surface area contributed by atoms with Gasteiger partial charge in [0.1, 0.15) is 0 Å². The van der Waals surface area contributed by atoms with Gasteiger partial charge in [-0.15, -0.1) is 0 Å². The Morgan fingerprint density at radius 3 is 0.875 bits per heavy atom. The lowest BCUT2D eigenvalue weighted by Crippen LogP contribution is -2.38. The molecule has 0 aromatic heterocycles. The van der Waals surface area contributed by atoms with Gasteiger partial charge < -0.3 is 9.47 Å². The van der Waals surface area contributed by atoms with E-state index >= 15 is 0 Å². The predicted molar refractivity (Wildman–Crippen MR) is 63.3 cm³/mol. The van der Waals surface area contributed by atoms with Crippen LogP contribution < -0.4 is 0 Å². The summed E-state index contributed by atoms with van der Waals surface area (Å²) in [4.78, 5) is 0. The van der Waals surface area contributed by atoms with Crippen LogP contribution in [0.3, 0.4) is 0 Å². The lowest BCUT2D eigenvalue weighted by Gasteiger charge is -2.49. The molecule has 1 aliphatic heterocycles. The van der Waals surface area contributed by atoms with Crippen molar-refractivity contribution in [2.24, 2.45) is 23.7 Å². The van der Waals surface area contributed by atoms with Crippen molar-refractivity contribution >= 4 is 0 Å². The maximum atomic E-state index is 4.94. The molecule has 5 fully saturated rings. The van der Waals surface area contributed by atoms with Crippen LogP contribution in [0.1, 0.15) is 38.5 Å². The third kappa shape index (κ3) is 2.60. The third-order valence-corrected chi connectivity index (χ3v) is 4.74. The van der Waals surface area contributed by atoms with Gasteiger partial charge in [-0.05, 0) is 62.2 Å². The Balaban J connectivity index is 0.000000117. The highest BCUT2D eigenvalue weighted by Crippen LogP contribution is 2.53. The molecule has 4 bridgehead atoms. The van der Waals surface area contributed by atoms with Crippen molar-refractivity contribution in [1.29, 1.82) is 0 Å². The maximum absolute atomic E-state index is 4.94. The standard InChI is InChI=1S/C10H16.C4H8O2/c1-7-2-9-4-8(1)5-10(3-7)6-9;1-2-6-4-3-5-1/h7-10H,1-6H2;1-4H2. The van der Waals surface area contributed by atoms with Crippen LogP contribution in [-0.4, -0.2) is 26.4 Å². The van der Waals surface area contributed by atoms with Crippen LogP contribution >= 0.6 is 0 Å². The van der Waals surface area contributed by atoms with E-state index in [1.54, 1.807) is 38.5 Å². The summed E-state index contributed by atoms with van der Waals surface area (Å²) in [5.41, 5.74) is 0. The summed E-state index contributed by atoms with van der Waals surface area (Å²) < 4.78 is 9.89. The second-order valence-corrected chi connectivity index (χ2v) is 6.10. The Kier molecular flexibility index (Phi) is 3.49. The second-order valence-electron chi connectivity index (χ2n) is 6.10. The zero-order chi connectivity index (χ0) is 10.8. The molecular weight excluding hydrogens is 200 g/mol. The van der Waals surface area contributed by atoms with Crippen molar-refractivity contribution in [2.45, 2.75) is 38.5 Å². The fourth-order valence-electron chi connectivity index (χ4n) is 4.42. The smallest absolute Gasteiger partial charge is 0.0701 e. The molecule has 2 heteroatoms. The minimum absolute atomic E-state index is 0.778. The maximum Gasteiger partial charge on any atom is 0.0701 e. The SMILES string of the molecule is C1C2CC3CC1CC(C2)C3.C1COCCO1. The molecule has 92 valence electrons. The Labute approximate surface area is 98.7 Å². The van der Waals surface area contributed by atoms with Crippen LogP contribution in [0.2, 0.25) is 0 Å². The summed E-state index contributed by atoms with van der Waals surface area (Å²) in [5.74, 6) is 4.71. The van der Waals surface area contributed by atoms with Crippen molar-refractivity contribution < 1.29 is 9.47 Å². The molecule has 1 saturated heterocycles. The summed E-state index contributed by atoms with van der Waals surface area (Å²) in [6, 6.07) is 0.